The molecule has 96 valence electrons. The molecule has 2 heterocycles. The molecule has 1 saturated heterocycles. The highest BCUT2D eigenvalue weighted by molar-refractivity contribution is 14.1. The lowest BCUT2D eigenvalue weighted by molar-refractivity contribution is 0.354. The van der Waals surface area contributed by atoms with Gasteiger partial charge in [0.15, 0.2) is 5.75 Å². The number of nitrogens with zero attached hydrogens (tertiary/aromatic N) is 1. The summed E-state index contributed by atoms with van der Waals surface area (Å²) in [5, 5.41) is 2.94. The second kappa shape index (κ2) is 6.10. The third kappa shape index (κ3) is 2.97. The summed E-state index contributed by atoms with van der Waals surface area (Å²) in [4.78, 5) is 3.62. The van der Waals surface area contributed by atoms with E-state index in [4.69, 9.17) is 4.74 Å². The molecule has 0 saturated carbocycles. The number of hydrogen-bond acceptors (Lipinski definition) is 3. The number of aromatic nitrogens is 1. The summed E-state index contributed by atoms with van der Waals surface area (Å²) in [6.07, 6.45) is 0.691. The minimum absolute atomic E-state index is 0. The lowest BCUT2D eigenvalue weighted by Gasteiger charge is -2.14. The van der Waals surface area contributed by atoms with Crippen molar-refractivity contribution < 1.29 is 13.5 Å². The number of rotatable bonds is 2. The summed E-state index contributed by atoms with van der Waals surface area (Å²) >= 11 is 2.00. The average Bonchev–Trinajstić information content (AvgIpc) is 2.65. The Morgan fingerprint density at radius 3 is 2.82 bits per heavy atom. The topological polar surface area (TPSA) is 34.1 Å². The van der Waals surface area contributed by atoms with Crippen LogP contribution in [-0.4, -0.2) is 24.8 Å². The molecular formula is C10H12ClF2IN2O. The molecule has 0 spiro atoms. The Hall–Kier alpha value is -0.210. The molecule has 0 amide bonds. The zero-order valence-corrected chi connectivity index (χ0v) is 12.0. The Bertz CT molecular complexity index is 408. The first-order valence-corrected chi connectivity index (χ1v) is 5.96. The Morgan fingerprint density at radius 2 is 2.29 bits per heavy atom. The van der Waals surface area contributed by atoms with Gasteiger partial charge in [0.2, 0.25) is 5.95 Å². The molecule has 0 aliphatic carbocycles. The largest absolute Gasteiger partial charge is 0.494 e. The SMILES string of the molecule is COc1cnc(F)c([C@@H]2C[C@@H](F)CN2)c1I.Cl. The van der Waals surface area contributed by atoms with Crippen LogP contribution in [0.3, 0.4) is 0 Å². The fourth-order valence-corrected chi connectivity index (χ4v) is 2.77. The van der Waals surface area contributed by atoms with Gasteiger partial charge in [0.25, 0.3) is 0 Å². The van der Waals surface area contributed by atoms with Crippen LogP contribution in [0, 0.1) is 9.52 Å². The van der Waals surface area contributed by atoms with Crippen LogP contribution in [0.2, 0.25) is 0 Å². The van der Waals surface area contributed by atoms with Gasteiger partial charge in [-0.2, -0.15) is 4.39 Å². The summed E-state index contributed by atoms with van der Waals surface area (Å²) in [6, 6.07) is -0.315. The lowest BCUT2D eigenvalue weighted by Crippen LogP contribution is -2.17. The van der Waals surface area contributed by atoms with E-state index >= 15 is 0 Å². The molecule has 1 aliphatic heterocycles. The van der Waals surface area contributed by atoms with Crippen LogP contribution >= 0.6 is 35.0 Å². The Labute approximate surface area is 118 Å². The molecule has 1 aliphatic rings. The molecule has 0 bridgehead atoms. The number of methoxy groups -OCH3 is 1. The monoisotopic (exact) mass is 376 g/mol. The maximum atomic E-state index is 13.6. The summed E-state index contributed by atoms with van der Waals surface area (Å²) in [5.41, 5.74) is 0.403. The molecular weight excluding hydrogens is 364 g/mol. The van der Waals surface area contributed by atoms with Gasteiger partial charge in [-0.05, 0) is 29.0 Å². The van der Waals surface area contributed by atoms with Crippen molar-refractivity contribution in [2.45, 2.75) is 18.6 Å². The summed E-state index contributed by atoms with van der Waals surface area (Å²) in [5.74, 6) is -0.0436. The normalized spacial score (nSPS) is 23.3. The number of ether oxygens (including phenoxy) is 1. The highest BCUT2D eigenvalue weighted by Crippen LogP contribution is 2.33. The molecule has 0 aromatic carbocycles. The smallest absolute Gasteiger partial charge is 0.218 e. The molecule has 1 aromatic rings. The van der Waals surface area contributed by atoms with Crippen molar-refractivity contribution in [2.24, 2.45) is 0 Å². The standard InChI is InChI=1S/C10H11F2IN2O.ClH/c1-16-7-4-15-10(12)8(9(7)13)6-2-5(11)3-14-6;/h4-6,14H,2-3H2,1H3;1H/t5-,6+;/m1./s1. The summed E-state index contributed by atoms with van der Waals surface area (Å²) in [6.45, 7) is 0.261. The molecule has 2 atom stereocenters. The van der Waals surface area contributed by atoms with Crippen LogP contribution in [0.1, 0.15) is 18.0 Å². The molecule has 7 heteroatoms. The van der Waals surface area contributed by atoms with Gasteiger partial charge in [0.1, 0.15) is 6.17 Å². The van der Waals surface area contributed by atoms with E-state index in [1.54, 1.807) is 0 Å². The molecule has 2 rings (SSSR count). The molecule has 1 aromatic heterocycles. The van der Waals surface area contributed by atoms with Gasteiger partial charge in [0.05, 0.1) is 16.9 Å². The zero-order valence-electron chi connectivity index (χ0n) is 9.04. The lowest BCUT2D eigenvalue weighted by atomic mass is 10.1. The van der Waals surface area contributed by atoms with Gasteiger partial charge in [-0.15, -0.1) is 12.4 Å². The summed E-state index contributed by atoms with van der Waals surface area (Å²) < 4.78 is 32.4. The molecule has 3 nitrogen and oxygen atoms in total. The van der Waals surface area contributed by atoms with Gasteiger partial charge in [-0.25, -0.2) is 9.37 Å². The number of hydrogen-bond donors (Lipinski definition) is 1. The molecule has 0 radical (unpaired) electrons. The van der Waals surface area contributed by atoms with Gasteiger partial charge >= 0.3 is 0 Å². The van der Waals surface area contributed by atoms with Crippen molar-refractivity contribution >= 4 is 35.0 Å². The first-order chi connectivity index (χ1) is 7.63. The Balaban J connectivity index is 0.00000144. The van der Waals surface area contributed by atoms with Crippen LogP contribution < -0.4 is 10.1 Å². The van der Waals surface area contributed by atoms with Crippen LogP contribution in [0.4, 0.5) is 8.78 Å². The van der Waals surface area contributed by atoms with Gasteiger partial charge in [-0.3, -0.25) is 0 Å². The van der Waals surface area contributed by atoms with Crippen LogP contribution in [0.15, 0.2) is 6.20 Å². The Morgan fingerprint density at radius 1 is 1.59 bits per heavy atom. The number of alkyl halides is 1. The van der Waals surface area contributed by atoms with E-state index in [2.05, 4.69) is 10.3 Å². The Kier molecular flexibility index (Phi) is 5.33. The van der Waals surface area contributed by atoms with Crippen molar-refractivity contribution in [3.05, 3.63) is 21.3 Å². The van der Waals surface area contributed by atoms with E-state index in [1.807, 2.05) is 22.6 Å². The second-order valence-corrected chi connectivity index (χ2v) is 4.72. The van der Waals surface area contributed by atoms with Gasteiger partial charge < -0.3 is 10.1 Å². The maximum absolute atomic E-state index is 13.6. The van der Waals surface area contributed by atoms with E-state index in [0.29, 0.717) is 14.9 Å². The highest BCUT2D eigenvalue weighted by atomic mass is 127. The molecule has 1 N–H and O–H groups in total. The van der Waals surface area contributed by atoms with Crippen molar-refractivity contribution in [2.75, 3.05) is 13.7 Å². The van der Waals surface area contributed by atoms with E-state index in [-0.39, 0.29) is 31.4 Å². The van der Waals surface area contributed by atoms with E-state index in [0.717, 1.165) is 0 Å². The number of pyridine rings is 1. The van der Waals surface area contributed by atoms with E-state index < -0.39 is 12.1 Å². The third-order valence-corrected chi connectivity index (χ3v) is 3.73. The predicted molar refractivity (Wildman–Crippen MR) is 71.0 cm³/mol. The van der Waals surface area contributed by atoms with E-state index in [9.17, 15) is 8.78 Å². The van der Waals surface area contributed by atoms with Crippen molar-refractivity contribution in [1.29, 1.82) is 0 Å². The predicted octanol–water partition coefficient (Wildman–Crippen LogP) is 2.63. The maximum Gasteiger partial charge on any atom is 0.218 e. The molecule has 1 fully saturated rings. The zero-order chi connectivity index (χ0) is 11.7. The fourth-order valence-electron chi connectivity index (χ4n) is 1.82. The molecule has 0 unspecified atom stereocenters. The van der Waals surface area contributed by atoms with Crippen LogP contribution in [0.5, 0.6) is 5.75 Å². The van der Waals surface area contributed by atoms with Gasteiger partial charge in [0, 0.05) is 18.2 Å². The third-order valence-electron chi connectivity index (χ3n) is 2.62. The van der Waals surface area contributed by atoms with Crippen LogP contribution in [0.25, 0.3) is 0 Å². The highest BCUT2D eigenvalue weighted by Gasteiger charge is 2.30. The second-order valence-electron chi connectivity index (χ2n) is 3.64. The van der Waals surface area contributed by atoms with Crippen LogP contribution in [-0.2, 0) is 0 Å². The van der Waals surface area contributed by atoms with E-state index in [1.165, 1.54) is 13.3 Å². The average molecular weight is 377 g/mol. The minimum atomic E-state index is -0.925. The fraction of sp³-hybridized carbons (Fsp3) is 0.500. The quantitative estimate of drug-likeness (QED) is 0.636. The first kappa shape index (κ1) is 14.8. The minimum Gasteiger partial charge on any atom is -0.494 e. The number of halogens is 4. The first-order valence-electron chi connectivity index (χ1n) is 4.88. The summed E-state index contributed by atoms with van der Waals surface area (Å²) in [7, 11) is 1.50. The van der Waals surface area contributed by atoms with Crippen molar-refractivity contribution in [3.63, 3.8) is 0 Å². The van der Waals surface area contributed by atoms with Crippen molar-refractivity contribution in [3.8, 4) is 5.75 Å². The van der Waals surface area contributed by atoms with Crippen molar-refractivity contribution in [1.82, 2.24) is 10.3 Å². The molecule has 17 heavy (non-hydrogen) atoms. The number of nitrogens with one attached hydrogen (secondary N) is 1. The van der Waals surface area contributed by atoms with Gasteiger partial charge in [-0.1, -0.05) is 0 Å².